The molecular formula is C61H123O7P. The molecule has 0 aliphatic carbocycles. The summed E-state index contributed by atoms with van der Waals surface area (Å²) in [7, 11) is -4.66. The fourth-order valence-electron chi connectivity index (χ4n) is 10.0. The van der Waals surface area contributed by atoms with Crippen LogP contribution in [0.15, 0.2) is 0 Å². The van der Waals surface area contributed by atoms with Gasteiger partial charge < -0.3 is 19.3 Å². The average molecular weight is 1000 g/mol. The van der Waals surface area contributed by atoms with Gasteiger partial charge in [0, 0.05) is 13.0 Å². The summed E-state index contributed by atoms with van der Waals surface area (Å²) in [5.41, 5.74) is 0. The Hall–Kier alpha value is -0.460. The molecule has 0 saturated carbocycles. The van der Waals surface area contributed by atoms with Gasteiger partial charge in [-0.25, -0.2) is 4.57 Å². The minimum atomic E-state index is -4.66. The molecule has 7 nitrogen and oxygen atoms in total. The van der Waals surface area contributed by atoms with Gasteiger partial charge in [-0.3, -0.25) is 9.32 Å². The third-order valence-electron chi connectivity index (χ3n) is 14.7. The lowest BCUT2D eigenvalue weighted by atomic mass is 10.0. The molecular weight excluding hydrogens is 876 g/mol. The minimum Gasteiger partial charge on any atom is -0.457 e. The van der Waals surface area contributed by atoms with Crippen LogP contribution in [-0.2, 0) is 23.4 Å². The molecule has 0 aromatic rings. The van der Waals surface area contributed by atoms with Crippen LogP contribution in [-0.4, -0.2) is 41.7 Å². The third kappa shape index (κ3) is 61.8. The molecule has 0 unspecified atom stereocenters. The van der Waals surface area contributed by atoms with Crippen molar-refractivity contribution in [2.24, 2.45) is 0 Å². The molecule has 0 heterocycles. The van der Waals surface area contributed by atoms with Gasteiger partial charge in [0.25, 0.3) is 0 Å². The van der Waals surface area contributed by atoms with E-state index in [-0.39, 0.29) is 19.2 Å². The Bertz CT molecular complexity index is 1020. The van der Waals surface area contributed by atoms with Crippen LogP contribution in [0.5, 0.6) is 0 Å². The second kappa shape index (κ2) is 58.4. The van der Waals surface area contributed by atoms with E-state index in [0.717, 1.165) is 32.1 Å². The van der Waals surface area contributed by atoms with Crippen molar-refractivity contribution in [1.29, 1.82) is 0 Å². The molecule has 1 atom stereocenters. The highest BCUT2D eigenvalue weighted by Gasteiger charge is 2.21. The molecule has 0 rings (SSSR count). The number of ether oxygens (including phenoxy) is 2. The number of carbonyl (C=O) groups excluding carboxylic acids is 1. The second-order valence-corrected chi connectivity index (χ2v) is 23.0. The SMILES string of the molecule is CCCCCCCCCCCCCCCCCCCCCCCCCCCCCCCCCCCCCC(=O)O[C@H](COCCCCCCCCCCCCCCCCCCCC)COP(=O)(O)O. The molecule has 0 saturated heterocycles. The highest BCUT2D eigenvalue weighted by molar-refractivity contribution is 7.46. The van der Waals surface area contributed by atoms with Crippen LogP contribution in [0.25, 0.3) is 0 Å². The molecule has 2 N–H and O–H groups in total. The zero-order valence-corrected chi connectivity index (χ0v) is 47.7. The maximum absolute atomic E-state index is 12.5. The zero-order valence-electron chi connectivity index (χ0n) is 46.8. The Morgan fingerprint density at radius 3 is 0.783 bits per heavy atom. The van der Waals surface area contributed by atoms with Crippen molar-refractivity contribution in [2.45, 2.75) is 367 Å². The van der Waals surface area contributed by atoms with E-state index in [4.69, 9.17) is 9.47 Å². The van der Waals surface area contributed by atoms with E-state index in [9.17, 15) is 19.1 Å². The van der Waals surface area contributed by atoms with Crippen molar-refractivity contribution in [3.8, 4) is 0 Å². The molecule has 0 fully saturated rings. The fourth-order valence-corrected chi connectivity index (χ4v) is 10.4. The Labute approximate surface area is 431 Å². The summed E-state index contributed by atoms with van der Waals surface area (Å²) in [6.45, 7) is 4.85. The summed E-state index contributed by atoms with van der Waals surface area (Å²) in [4.78, 5) is 30.9. The molecule has 0 spiro atoms. The van der Waals surface area contributed by atoms with Crippen LogP contribution >= 0.6 is 7.82 Å². The Morgan fingerprint density at radius 2 is 0.551 bits per heavy atom. The first kappa shape index (κ1) is 68.5. The van der Waals surface area contributed by atoms with E-state index < -0.39 is 13.9 Å². The number of hydrogen-bond acceptors (Lipinski definition) is 5. The number of rotatable bonds is 61. The topological polar surface area (TPSA) is 102 Å². The smallest absolute Gasteiger partial charge is 0.457 e. The van der Waals surface area contributed by atoms with Gasteiger partial charge in [-0.05, 0) is 12.8 Å². The number of esters is 1. The van der Waals surface area contributed by atoms with Crippen molar-refractivity contribution in [2.75, 3.05) is 19.8 Å². The highest BCUT2D eigenvalue weighted by Crippen LogP contribution is 2.36. The summed E-state index contributed by atoms with van der Waals surface area (Å²) in [6.07, 6.45) is 71.8. The molecule has 414 valence electrons. The minimum absolute atomic E-state index is 0.0877. The number of phosphoric ester groups is 1. The molecule has 0 radical (unpaired) electrons. The lowest BCUT2D eigenvalue weighted by molar-refractivity contribution is -0.154. The number of phosphoric acid groups is 1. The van der Waals surface area contributed by atoms with E-state index in [1.165, 1.54) is 308 Å². The Kier molecular flexibility index (Phi) is 58.0. The number of hydrogen-bond donors (Lipinski definition) is 2. The van der Waals surface area contributed by atoms with Crippen LogP contribution < -0.4 is 0 Å². The van der Waals surface area contributed by atoms with Gasteiger partial charge >= 0.3 is 13.8 Å². The van der Waals surface area contributed by atoms with Gasteiger partial charge in [0.2, 0.25) is 0 Å². The summed E-state index contributed by atoms with van der Waals surface area (Å²) in [5, 5.41) is 0. The summed E-state index contributed by atoms with van der Waals surface area (Å²) < 4.78 is 27.3. The van der Waals surface area contributed by atoms with Gasteiger partial charge in [0.15, 0.2) is 0 Å². The molecule has 0 amide bonds. The van der Waals surface area contributed by atoms with E-state index in [1.807, 2.05) is 0 Å². The quantitative estimate of drug-likeness (QED) is 0.0355. The normalized spacial score (nSPS) is 12.3. The molecule has 8 heteroatoms. The van der Waals surface area contributed by atoms with Crippen molar-refractivity contribution < 1.29 is 33.1 Å². The number of carbonyl (C=O) groups is 1. The van der Waals surface area contributed by atoms with Gasteiger partial charge in [-0.2, -0.15) is 0 Å². The van der Waals surface area contributed by atoms with Crippen LogP contribution in [0, 0.1) is 0 Å². The number of unbranched alkanes of at least 4 members (excludes halogenated alkanes) is 51. The van der Waals surface area contributed by atoms with E-state index >= 15 is 0 Å². The van der Waals surface area contributed by atoms with E-state index in [2.05, 4.69) is 18.4 Å². The lowest BCUT2D eigenvalue weighted by Crippen LogP contribution is -2.28. The van der Waals surface area contributed by atoms with Crippen LogP contribution in [0.3, 0.4) is 0 Å². The predicted octanol–water partition coefficient (Wildman–Crippen LogP) is 21.1. The van der Waals surface area contributed by atoms with Gasteiger partial charge in [-0.15, -0.1) is 0 Å². The summed E-state index contributed by atoms with van der Waals surface area (Å²) in [6, 6.07) is 0. The Balaban J connectivity index is 3.52. The maximum atomic E-state index is 12.5. The summed E-state index contributed by atoms with van der Waals surface area (Å²) in [5.74, 6) is -0.350. The fraction of sp³-hybridized carbons (Fsp3) is 0.984. The average Bonchev–Trinajstić information content (AvgIpc) is 3.33. The van der Waals surface area contributed by atoms with E-state index in [1.54, 1.807) is 0 Å². The molecule has 69 heavy (non-hydrogen) atoms. The van der Waals surface area contributed by atoms with Gasteiger partial charge in [0.1, 0.15) is 6.10 Å². The first-order valence-electron chi connectivity index (χ1n) is 31.4. The molecule has 0 bridgehead atoms. The molecule has 0 aromatic heterocycles. The van der Waals surface area contributed by atoms with Crippen molar-refractivity contribution in [1.82, 2.24) is 0 Å². The monoisotopic (exact) mass is 999 g/mol. The second-order valence-electron chi connectivity index (χ2n) is 21.8. The Morgan fingerprint density at radius 1 is 0.333 bits per heavy atom. The first-order valence-corrected chi connectivity index (χ1v) is 32.9. The van der Waals surface area contributed by atoms with Crippen LogP contribution in [0.1, 0.15) is 361 Å². The van der Waals surface area contributed by atoms with Gasteiger partial charge in [-0.1, -0.05) is 341 Å². The predicted molar refractivity (Wildman–Crippen MR) is 299 cm³/mol. The van der Waals surface area contributed by atoms with E-state index in [0.29, 0.717) is 13.0 Å². The summed E-state index contributed by atoms with van der Waals surface area (Å²) >= 11 is 0. The van der Waals surface area contributed by atoms with Crippen LogP contribution in [0.2, 0.25) is 0 Å². The van der Waals surface area contributed by atoms with Crippen molar-refractivity contribution in [3.05, 3.63) is 0 Å². The lowest BCUT2D eigenvalue weighted by Gasteiger charge is -2.18. The largest absolute Gasteiger partial charge is 0.469 e. The van der Waals surface area contributed by atoms with Gasteiger partial charge in [0.05, 0.1) is 13.2 Å². The van der Waals surface area contributed by atoms with Crippen molar-refractivity contribution in [3.63, 3.8) is 0 Å². The molecule has 0 aromatic carbocycles. The third-order valence-corrected chi connectivity index (χ3v) is 15.1. The zero-order chi connectivity index (χ0) is 50.1. The maximum Gasteiger partial charge on any atom is 0.469 e. The molecule has 0 aliphatic heterocycles. The molecule has 0 aliphatic rings. The first-order chi connectivity index (χ1) is 33.9. The standard InChI is InChI=1S/C61H123O7P/c1-3-5-7-9-11-13-15-17-19-21-23-24-25-26-27-28-29-30-31-32-33-34-35-36-37-38-39-40-42-44-46-48-50-52-54-56-61(62)68-60(59-67-69(63,64)65)58-66-57-55-53-51-49-47-45-43-41-22-20-18-16-14-12-10-8-6-4-2/h60H,3-59H2,1-2H3,(H2,63,64,65)/t60-/m1/s1. The van der Waals surface area contributed by atoms with Crippen molar-refractivity contribution >= 4 is 13.8 Å². The van der Waals surface area contributed by atoms with Crippen LogP contribution in [0.4, 0.5) is 0 Å². The highest BCUT2D eigenvalue weighted by atomic mass is 31.2.